The summed E-state index contributed by atoms with van der Waals surface area (Å²) in [6, 6.07) is 11.4. The van der Waals surface area contributed by atoms with Gasteiger partial charge in [-0.05, 0) is 36.7 Å². The molecule has 1 fully saturated rings. The zero-order valence-corrected chi connectivity index (χ0v) is 16.1. The molecule has 1 aromatic carbocycles. The predicted octanol–water partition coefficient (Wildman–Crippen LogP) is 8.27. The molecule has 0 heterocycles. The van der Waals surface area contributed by atoms with Crippen LogP contribution in [0.2, 0.25) is 0 Å². The molecule has 136 valence electrons. The van der Waals surface area contributed by atoms with Gasteiger partial charge in [0.2, 0.25) is 0 Å². The molecule has 2 rings (SSSR count). The Labute approximate surface area is 151 Å². The molecule has 1 aromatic rings. The van der Waals surface area contributed by atoms with Crippen LogP contribution in [0.25, 0.3) is 0 Å². The van der Waals surface area contributed by atoms with Crippen molar-refractivity contribution in [3.63, 3.8) is 0 Å². The quantitative estimate of drug-likeness (QED) is 0.339. The lowest BCUT2D eigenvalue weighted by Gasteiger charge is -2.31. The summed E-state index contributed by atoms with van der Waals surface area (Å²) in [6.07, 6.45) is 21.7. The maximum absolute atomic E-state index is 2.38. The summed E-state index contributed by atoms with van der Waals surface area (Å²) in [7, 11) is 0. The van der Waals surface area contributed by atoms with E-state index in [9.17, 15) is 0 Å². The van der Waals surface area contributed by atoms with Gasteiger partial charge in [0.1, 0.15) is 0 Å². The van der Waals surface area contributed by atoms with Crippen molar-refractivity contribution in [2.24, 2.45) is 5.92 Å². The summed E-state index contributed by atoms with van der Waals surface area (Å²) in [6.45, 7) is 2.30. The molecule has 24 heavy (non-hydrogen) atoms. The number of benzene rings is 1. The van der Waals surface area contributed by atoms with Crippen molar-refractivity contribution in [1.29, 1.82) is 0 Å². The lowest BCUT2D eigenvalue weighted by molar-refractivity contribution is 0.289. The second kappa shape index (κ2) is 12.6. The van der Waals surface area contributed by atoms with Crippen molar-refractivity contribution < 1.29 is 0 Å². The van der Waals surface area contributed by atoms with E-state index in [0.717, 1.165) is 11.8 Å². The number of hydrogen-bond acceptors (Lipinski definition) is 0. The van der Waals surface area contributed by atoms with E-state index in [1.54, 1.807) is 5.56 Å². The van der Waals surface area contributed by atoms with Crippen molar-refractivity contribution in [2.45, 2.75) is 109 Å². The third kappa shape index (κ3) is 7.41. The molecule has 0 amide bonds. The molecule has 0 saturated heterocycles. The fourth-order valence-corrected chi connectivity index (χ4v) is 4.59. The van der Waals surface area contributed by atoms with Crippen LogP contribution >= 0.6 is 0 Å². The standard InChI is InChI=1S/C24H40/c1-2-3-4-5-6-7-8-9-16-21-24(22-17-12-10-13-18-22)23-19-14-11-15-20-23/h10,12-13,17-18,23-24H,2-9,11,14-16,19-21H2,1H3. The largest absolute Gasteiger partial charge is 0.0654 e. The second-order valence-electron chi connectivity index (χ2n) is 8.03. The van der Waals surface area contributed by atoms with Crippen molar-refractivity contribution in [2.75, 3.05) is 0 Å². The van der Waals surface area contributed by atoms with E-state index >= 15 is 0 Å². The monoisotopic (exact) mass is 328 g/mol. The summed E-state index contributed by atoms with van der Waals surface area (Å²) in [4.78, 5) is 0. The number of unbranched alkanes of at least 4 members (excludes halogenated alkanes) is 8. The summed E-state index contributed by atoms with van der Waals surface area (Å²) in [5.74, 6) is 1.78. The van der Waals surface area contributed by atoms with Crippen LogP contribution in [-0.2, 0) is 0 Å². The first kappa shape index (κ1) is 19.5. The zero-order valence-electron chi connectivity index (χ0n) is 16.1. The van der Waals surface area contributed by atoms with Gasteiger partial charge < -0.3 is 0 Å². The first-order valence-corrected chi connectivity index (χ1v) is 11.0. The fraction of sp³-hybridized carbons (Fsp3) is 0.750. The molecular formula is C24H40. The van der Waals surface area contributed by atoms with E-state index in [-0.39, 0.29) is 0 Å². The van der Waals surface area contributed by atoms with Crippen molar-refractivity contribution in [3.8, 4) is 0 Å². The Morgan fingerprint density at radius 2 is 1.33 bits per heavy atom. The molecule has 0 heteroatoms. The zero-order chi connectivity index (χ0) is 16.9. The van der Waals surface area contributed by atoms with Gasteiger partial charge in [-0.1, -0.05) is 114 Å². The minimum Gasteiger partial charge on any atom is -0.0654 e. The van der Waals surface area contributed by atoms with Gasteiger partial charge in [0.15, 0.2) is 0 Å². The topological polar surface area (TPSA) is 0 Å². The van der Waals surface area contributed by atoms with Gasteiger partial charge in [0, 0.05) is 0 Å². The molecule has 1 unspecified atom stereocenters. The molecule has 0 spiro atoms. The number of hydrogen-bond donors (Lipinski definition) is 0. The van der Waals surface area contributed by atoms with E-state index in [1.165, 1.54) is 96.3 Å². The van der Waals surface area contributed by atoms with E-state index in [4.69, 9.17) is 0 Å². The third-order valence-electron chi connectivity index (χ3n) is 6.07. The van der Waals surface area contributed by atoms with Gasteiger partial charge in [-0.15, -0.1) is 0 Å². The average Bonchev–Trinajstić information content (AvgIpc) is 2.65. The average molecular weight is 329 g/mol. The van der Waals surface area contributed by atoms with Crippen LogP contribution in [0.5, 0.6) is 0 Å². The lowest BCUT2D eigenvalue weighted by atomic mass is 9.74. The van der Waals surface area contributed by atoms with E-state index in [0.29, 0.717) is 0 Å². The van der Waals surface area contributed by atoms with Crippen LogP contribution in [0.1, 0.15) is 115 Å². The Balaban J connectivity index is 1.67. The Morgan fingerprint density at radius 1 is 0.750 bits per heavy atom. The van der Waals surface area contributed by atoms with Gasteiger partial charge in [-0.2, -0.15) is 0 Å². The summed E-state index contributed by atoms with van der Waals surface area (Å²) >= 11 is 0. The lowest BCUT2D eigenvalue weighted by Crippen LogP contribution is -2.16. The summed E-state index contributed by atoms with van der Waals surface area (Å²) in [5, 5.41) is 0. The second-order valence-corrected chi connectivity index (χ2v) is 8.03. The van der Waals surface area contributed by atoms with Gasteiger partial charge in [-0.3, -0.25) is 0 Å². The minimum atomic E-state index is 0.830. The highest BCUT2D eigenvalue weighted by Crippen LogP contribution is 2.39. The predicted molar refractivity (Wildman–Crippen MR) is 108 cm³/mol. The smallest absolute Gasteiger partial charge is 0.0134 e. The maximum Gasteiger partial charge on any atom is -0.0134 e. The summed E-state index contributed by atoms with van der Waals surface area (Å²) in [5.41, 5.74) is 1.61. The molecule has 0 bridgehead atoms. The Hall–Kier alpha value is -0.780. The highest BCUT2D eigenvalue weighted by atomic mass is 14.3. The molecule has 0 nitrogen and oxygen atoms in total. The third-order valence-corrected chi connectivity index (χ3v) is 6.07. The first-order chi connectivity index (χ1) is 11.9. The molecule has 0 aromatic heterocycles. The van der Waals surface area contributed by atoms with E-state index in [2.05, 4.69) is 37.3 Å². The molecule has 1 aliphatic rings. The van der Waals surface area contributed by atoms with Gasteiger partial charge in [0.05, 0.1) is 0 Å². The molecule has 1 saturated carbocycles. The summed E-state index contributed by atoms with van der Waals surface area (Å²) < 4.78 is 0. The van der Waals surface area contributed by atoms with Crippen LogP contribution < -0.4 is 0 Å². The van der Waals surface area contributed by atoms with Gasteiger partial charge in [0.25, 0.3) is 0 Å². The molecular weight excluding hydrogens is 288 g/mol. The normalized spacial score (nSPS) is 17.0. The molecule has 1 atom stereocenters. The Kier molecular flexibility index (Phi) is 10.2. The van der Waals surface area contributed by atoms with Crippen molar-refractivity contribution in [3.05, 3.63) is 35.9 Å². The molecule has 0 N–H and O–H groups in total. The van der Waals surface area contributed by atoms with Crippen LogP contribution in [0.3, 0.4) is 0 Å². The maximum atomic E-state index is 2.38. The fourth-order valence-electron chi connectivity index (χ4n) is 4.59. The minimum absolute atomic E-state index is 0.830. The Morgan fingerprint density at radius 3 is 1.96 bits per heavy atom. The Bertz CT molecular complexity index is 388. The highest BCUT2D eigenvalue weighted by molar-refractivity contribution is 5.20. The van der Waals surface area contributed by atoms with Crippen LogP contribution in [0.4, 0.5) is 0 Å². The highest BCUT2D eigenvalue weighted by Gasteiger charge is 2.24. The van der Waals surface area contributed by atoms with E-state index < -0.39 is 0 Å². The molecule has 1 aliphatic carbocycles. The van der Waals surface area contributed by atoms with E-state index in [1.807, 2.05) is 0 Å². The van der Waals surface area contributed by atoms with Crippen LogP contribution in [-0.4, -0.2) is 0 Å². The van der Waals surface area contributed by atoms with Gasteiger partial charge in [-0.25, -0.2) is 0 Å². The molecule has 0 aliphatic heterocycles. The molecule has 0 radical (unpaired) electrons. The van der Waals surface area contributed by atoms with Crippen molar-refractivity contribution >= 4 is 0 Å². The van der Waals surface area contributed by atoms with Crippen molar-refractivity contribution in [1.82, 2.24) is 0 Å². The first-order valence-electron chi connectivity index (χ1n) is 11.0. The van der Waals surface area contributed by atoms with Crippen LogP contribution in [0.15, 0.2) is 30.3 Å². The SMILES string of the molecule is CCCCCCCCCCCC(c1ccccc1)C1CCCCC1. The van der Waals surface area contributed by atoms with Crippen LogP contribution in [0, 0.1) is 5.92 Å². The van der Waals surface area contributed by atoms with Gasteiger partial charge >= 0.3 is 0 Å². The number of rotatable bonds is 12.